The van der Waals surface area contributed by atoms with Gasteiger partial charge in [-0.2, -0.15) is 0 Å². The highest BCUT2D eigenvalue weighted by atomic mass is 16.5. The first-order chi connectivity index (χ1) is 21.6. The first-order valence-electron chi connectivity index (χ1n) is 14.9. The Morgan fingerprint density at radius 2 is 1.40 bits per heavy atom. The van der Waals surface area contributed by atoms with Gasteiger partial charge in [0.15, 0.2) is 0 Å². The summed E-state index contributed by atoms with van der Waals surface area (Å²) >= 11 is 0. The maximum absolute atomic E-state index is 13.8. The third-order valence-corrected chi connectivity index (χ3v) is 9.51. The Kier molecular flexibility index (Phi) is 7.90. The molecule has 2 aromatic rings. The number of carboxylic acid groups (broad SMARTS) is 2. The summed E-state index contributed by atoms with van der Waals surface area (Å²) in [5.74, 6) is -9.01. The topological polar surface area (TPSA) is 179 Å². The average Bonchev–Trinajstić information content (AvgIpc) is 3.40. The van der Waals surface area contributed by atoms with Crippen molar-refractivity contribution in [1.29, 1.82) is 0 Å². The molecule has 6 atom stereocenters. The number of nitrogens with zero attached hydrogens (tertiary/aromatic N) is 2. The molecule has 0 spiro atoms. The van der Waals surface area contributed by atoms with Gasteiger partial charge in [0.25, 0.3) is 0 Å². The Morgan fingerprint density at radius 3 is 2.02 bits per heavy atom. The normalized spacial score (nSPS) is 27.2. The molecule has 2 aliphatic carbocycles. The maximum Gasteiger partial charge on any atom is 0.305 e. The number of hydrogen-bond donors (Lipinski definition) is 3. The predicted molar refractivity (Wildman–Crippen MR) is 154 cm³/mol. The first kappa shape index (κ1) is 30.0. The summed E-state index contributed by atoms with van der Waals surface area (Å²) in [7, 11) is 0. The van der Waals surface area contributed by atoms with E-state index in [0.29, 0.717) is 16.9 Å². The van der Waals surface area contributed by atoms with E-state index >= 15 is 0 Å². The zero-order valence-electron chi connectivity index (χ0n) is 24.2. The van der Waals surface area contributed by atoms with Gasteiger partial charge in [-0.3, -0.25) is 38.6 Å². The van der Waals surface area contributed by atoms with Gasteiger partial charge in [-0.1, -0.05) is 48.0 Å². The van der Waals surface area contributed by atoms with Crippen LogP contribution in [0.2, 0.25) is 0 Å². The Balaban J connectivity index is 1.36. The van der Waals surface area contributed by atoms with Gasteiger partial charge in [0.2, 0.25) is 23.6 Å². The summed E-state index contributed by atoms with van der Waals surface area (Å²) in [6.45, 7) is -0.311. The number of carbonyl (C=O) groups is 6. The van der Waals surface area contributed by atoms with Gasteiger partial charge < -0.3 is 20.1 Å². The van der Waals surface area contributed by atoms with E-state index in [2.05, 4.69) is 0 Å². The molecule has 2 aliphatic heterocycles. The van der Waals surface area contributed by atoms with Crippen molar-refractivity contribution in [2.24, 2.45) is 29.6 Å². The van der Waals surface area contributed by atoms with Crippen LogP contribution in [0.25, 0.3) is 0 Å². The van der Waals surface area contributed by atoms with Gasteiger partial charge in [0.05, 0.1) is 36.5 Å². The van der Waals surface area contributed by atoms with E-state index in [4.69, 9.17) is 9.84 Å². The number of imide groups is 2. The highest BCUT2D eigenvalue weighted by molar-refractivity contribution is 6.08. The molecule has 4 amide bonds. The minimum Gasteiger partial charge on any atom is -0.508 e. The Hall–Kier alpha value is -5.00. The quantitative estimate of drug-likeness (QED) is 0.265. The van der Waals surface area contributed by atoms with Crippen LogP contribution in [0.15, 0.2) is 60.2 Å². The summed E-state index contributed by atoms with van der Waals surface area (Å²) in [5.41, 5.74) is 1.94. The lowest BCUT2D eigenvalue weighted by Crippen LogP contribution is -2.43. The molecule has 6 unspecified atom stereocenters. The molecule has 12 nitrogen and oxygen atoms in total. The van der Waals surface area contributed by atoms with E-state index < -0.39 is 83.9 Å². The number of amides is 4. The smallest absolute Gasteiger partial charge is 0.305 e. The predicted octanol–water partition coefficient (Wildman–Crippen LogP) is 2.56. The van der Waals surface area contributed by atoms with Crippen molar-refractivity contribution in [3.8, 4) is 11.5 Å². The average molecular weight is 617 g/mol. The van der Waals surface area contributed by atoms with Gasteiger partial charge in [-0.25, -0.2) is 0 Å². The van der Waals surface area contributed by atoms with Crippen LogP contribution in [0, 0.1) is 29.6 Å². The fourth-order valence-electron chi connectivity index (χ4n) is 7.54. The Labute approximate surface area is 257 Å². The lowest BCUT2D eigenvalue weighted by Gasteiger charge is -2.44. The van der Waals surface area contributed by atoms with E-state index in [-0.39, 0.29) is 38.3 Å². The van der Waals surface area contributed by atoms with E-state index in [1.165, 1.54) is 6.07 Å². The van der Waals surface area contributed by atoms with Crippen molar-refractivity contribution in [3.63, 3.8) is 0 Å². The molecular weight excluding hydrogens is 584 g/mol. The summed E-state index contributed by atoms with van der Waals surface area (Å²) in [4.78, 5) is 78.7. The molecule has 3 fully saturated rings. The van der Waals surface area contributed by atoms with Crippen LogP contribution in [0.3, 0.4) is 0 Å². The molecule has 45 heavy (non-hydrogen) atoms. The number of rotatable bonds is 10. The first-order valence-corrected chi connectivity index (χ1v) is 14.9. The van der Waals surface area contributed by atoms with Crippen LogP contribution < -0.4 is 4.74 Å². The number of carboxylic acids is 2. The zero-order valence-corrected chi connectivity index (χ0v) is 24.2. The molecule has 2 saturated heterocycles. The number of carbonyl (C=O) groups excluding carboxylic acids is 4. The van der Waals surface area contributed by atoms with Gasteiger partial charge in [0, 0.05) is 30.6 Å². The number of ether oxygens (including phenoxy) is 1. The van der Waals surface area contributed by atoms with Crippen LogP contribution in [-0.2, 0) is 35.4 Å². The monoisotopic (exact) mass is 616 g/mol. The number of phenols is 1. The highest BCUT2D eigenvalue weighted by Crippen LogP contribution is 2.59. The third-order valence-electron chi connectivity index (χ3n) is 9.51. The maximum atomic E-state index is 13.8. The molecule has 4 aliphatic rings. The highest BCUT2D eigenvalue weighted by Gasteiger charge is 2.62. The minimum absolute atomic E-state index is 0.0904. The molecule has 0 aromatic heterocycles. The summed E-state index contributed by atoms with van der Waals surface area (Å²) in [6, 6.07) is 14.2. The SMILES string of the molecule is O=C(O)CCN1C(=O)C2CC=C3C(CC4C(=O)N(CCC(=O)O)C(=O)C4C3c3ccc(OCc4ccccc4)cc3O)C2C1=O. The van der Waals surface area contributed by atoms with Gasteiger partial charge >= 0.3 is 11.9 Å². The van der Waals surface area contributed by atoms with E-state index in [0.717, 1.165) is 15.4 Å². The second-order valence-corrected chi connectivity index (χ2v) is 12.0. The number of hydrogen-bond acceptors (Lipinski definition) is 8. The van der Waals surface area contributed by atoms with Crippen molar-refractivity contribution in [3.05, 3.63) is 71.3 Å². The van der Waals surface area contributed by atoms with Crippen LogP contribution in [-0.4, -0.2) is 73.8 Å². The second-order valence-electron chi connectivity index (χ2n) is 12.0. The van der Waals surface area contributed by atoms with Crippen molar-refractivity contribution in [2.45, 2.75) is 38.2 Å². The van der Waals surface area contributed by atoms with Gasteiger partial charge in [-0.05, 0) is 30.4 Å². The van der Waals surface area contributed by atoms with Crippen molar-refractivity contribution in [2.75, 3.05) is 13.1 Å². The lowest BCUT2D eigenvalue weighted by atomic mass is 9.57. The number of fused-ring (bicyclic) bond motifs is 4. The fourth-order valence-corrected chi connectivity index (χ4v) is 7.54. The molecule has 1 saturated carbocycles. The minimum atomic E-state index is -1.17. The Bertz CT molecular complexity index is 1620. The number of benzene rings is 2. The van der Waals surface area contributed by atoms with E-state index in [1.54, 1.807) is 12.1 Å². The number of phenolic OH excluding ortho intramolecular Hbond substituents is 1. The van der Waals surface area contributed by atoms with Crippen LogP contribution in [0.1, 0.15) is 42.7 Å². The summed E-state index contributed by atoms with van der Waals surface area (Å²) in [5, 5.41) is 29.7. The molecule has 0 bridgehead atoms. The number of allylic oxidation sites excluding steroid dienone is 2. The molecule has 3 N–H and O–H groups in total. The Morgan fingerprint density at radius 1 is 0.778 bits per heavy atom. The van der Waals surface area contributed by atoms with Crippen LogP contribution in [0.5, 0.6) is 11.5 Å². The second kappa shape index (κ2) is 11.8. The fraction of sp³-hybridized carbons (Fsp3) is 0.394. The molecule has 6 rings (SSSR count). The summed E-state index contributed by atoms with van der Waals surface area (Å²) < 4.78 is 5.86. The van der Waals surface area contributed by atoms with Crippen LogP contribution in [0.4, 0.5) is 0 Å². The largest absolute Gasteiger partial charge is 0.508 e. The molecular formula is C33H32N2O10. The molecule has 234 valence electrons. The summed E-state index contributed by atoms with van der Waals surface area (Å²) in [6.07, 6.45) is 1.26. The molecule has 12 heteroatoms. The van der Waals surface area contributed by atoms with Crippen molar-refractivity contribution < 1.29 is 48.8 Å². The zero-order chi connectivity index (χ0) is 32.0. The number of likely N-dealkylation sites (tertiary alicyclic amines) is 2. The van der Waals surface area contributed by atoms with Gasteiger partial charge in [0.1, 0.15) is 18.1 Å². The number of aliphatic carboxylic acids is 2. The molecule has 2 aromatic carbocycles. The van der Waals surface area contributed by atoms with E-state index in [1.807, 2.05) is 36.4 Å². The molecule has 0 radical (unpaired) electrons. The van der Waals surface area contributed by atoms with Crippen molar-refractivity contribution in [1.82, 2.24) is 9.80 Å². The van der Waals surface area contributed by atoms with E-state index in [9.17, 15) is 39.0 Å². The standard InChI is InChI=1S/C33H32N2O10/c36-24-14-18(45-16-17-4-2-1-3-5-17)6-7-20(24)27-19-8-9-21-28(32(43)34(30(21)41)12-10-25(37)38)22(19)15-23-29(27)33(44)35(31(23)42)13-11-26(39)40/h1-8,14,21-23,27-29,36H,9-13,15-16H2,(H,37,38)(H,39,40). The van der Waals surface area contributed by atoms with Crippen LogP contribution >= 0.6 is 0 Å². The molecule has 2 heterocycles. The van der Waals surface area contributed by atoms with Gasteiger partial charge in [-0.15, -0.1) is 0 Å². The third kappa shape index (κ3) is 5.34. The lowest BCUT2D eigenvalue weighted by molar-refractivity contribution is -0.145. The number of aromatic hydroxyl groups is 1. The van der Waals surface area contributed by atoms with Crippen molar-refractivity contribution >= 4 is 35.6 Å².